The first kappa shape index (κ1) is 23.1. The molecule has 2 atom stereocenters. The van der Waals surface area contributed by atoms with E-state index >= 15 is 0 Å². The number of hydrogen-bond donors (Lipinski definition) is 0. The van der Waals surface area contributed by atoms with Crippen molar-refractivity contribution >= 4 is 33.3 Å². The van der Waals surface area contributed by atoms with Crippen molar-refractivity contribution in [2.45, 2.75) is 69.9 Å². The predicted octanol–water partition coefficient (Wildman–Crippen LogP) is 3.51. The highest BCUT2D eigenvalue weighted by Gasteiger charge is 2.45. The third-order valence-electron chi connectivity index (χ3n) is 6.53. The Kier molecular flexibility index (Phi) is 7.13. The van der Waals surface area contributed by atoms with Crippen LogP contribution in [0.5, 0.6) is 0 Å². The number of esters is 1. The molecular formula is C22H30ClNO5S. The van der Waals surface area contributed by atoms with Gasteiger partial charge in [-0.15, -0.1) is 0 Å². The Morgan fingerprint density at radius 2 is 1.87 bits per heavy atom. The SMILES string of the molecule is CCC(C)N(C(=O)COC(=O)C1(c2ccc(Cl)cc2)CCCC1)C1CCS(=O)(=O)C1. The van der Waals surface area contributed by atoms with Crippen LogP contribution >= 0.6 is 11.6 Å². The molecule has 166 valence electrons. The van der Waals surface area contributed by atoms with E-state index in [-0.39, 0.29) is 42.1 Å². The number of benzene rings is 1. The summed E-state index contributed by atoms with van der Waals surface area (Å²) in [7, 11) is -3.12. The summed E-state index contributed by atoms with van der Waals surface area (Å²) in [5, 5.41) is 0.603. The fourth-order valence-electron chi connectivity index (χ4n) is 4.70. The Balaban J connectivity index is 1.72. The molecule has 0 N–H and O–H groups in total. The molecule has 1 aliphatic carbocycles. The number of hydrogen-bond acceptors (Lipinski definition) is 5. The molecule has 0 aromatic heterocycles. The number of nitrogens with zero attached hydrogens (tertiary/aromatic N) is 1. The molecule has 1 aromatic carbocycles. The fourth-order valence-corrected chi connectivity index (χ4v) is 6.54. The van der Waals surface area contributed by atoms with Gasteiger partial charge in [0.15, 0.2) is 16.4 Å². The van der Waals surface area contributed by atoms with E-state index in [2.05, 4.69) is 0 Å². The largest absolute Gasteiger partial charge is 0.455 e. The van der Waals surface area contributed by atoms with Crippen LogP contribution in [0.1, 0.15) is 57.9 Å². The highest BCUT2D eigenvalue weighted by Crippen LogP contribution is 2.42. The van der Waals surface area contributed by atoms with E-state index in [1.165, 1.54) is 0 Å². The molecule has 0 bridgehead atoms. The van der Waals surface area contributed by atoms with Crippen LogP contribution in [0.4, 0.5) is 0 Å². The lowest BCUT2D eigenvalue weighted by Crippen LogP contribution is -2.48. The molecule has 1 aromatic rings. The van der Waals surface area contributed by atoms with E-state index in [0.29, 0.717) is 30.7 Å². The predicted molar refractivity (Wildman–Crippen MR) is 116 cm³/mol. The van der Waals surface area contributed by atoms with Crippen molar-refractivity contribution in [3.63, 3.8) is 0 Å². The zero-order valence-electron chi connectivity index (χ0n) is 17.6. The lowest BCUT2D eigenvalue weighted by atomic mass is 9.79. The first-order valence-corrected chi connectivity index (χ1v) is 12.8. The maximum Gasteiger partial charge on any atom is 0.317 e. The minimum atomic E-state index is -3.12. The molecule has 2 aliphatic rings. The summed E-state index contributed by atoms with van der Waals surface area (Å²) >= 11 is 6.00. The summed E-state index contributed by atoms with van der Waals surface area (Å²) in [5.74, 6) is -0.647. The van der Waals surface area contributed by atoms with Gasteiger partial charge in [-0.1, -0.05) is 43.5 Å². The quantitative estimate of drug-likeness (QED) is 0.587. The topological polar surface area (TPSA) is 80.8 Å². The summed E-state index contributed by atoms with van der Waals surface area (Å²) < 4.78 is 29.4. The van der Waals surface area contributed by atoms with Crippen LogP contribution in [0, 0.1) is 0 Å². The summed E-state index contributed by atoms with van der Waals surface area (Å²) in [6.07, 6.45) is 4.33. The number of carbonyl (C=O) groups is 2. The normalized spacial score (nSPS) is 23.1. The van der Waals surface area contributed by atoms with Gasteiger partial charge in [0.25, 0.3) is 5.91 Å². The van der Waals surface area contributed by atoms with E-state index in [0.717, 1.165) is 18.4 Å². The second-order valence-corrected chi connectivity index (χ2v) is 11.2. The van der Waals surface area contributed by atoms with Crippen LogP contribution in [0.2, 0.25) is 5.02 Å². The smallest absolute Gasteiger partial charge is 0.317 e. The Hall–Kier alpha value is -1.60. The monoisotopic (exact) mass is 455 g/mol. The standard InChI is InChI=1S/C22H30ClNO5S/c1-3-16(2)24(19-10-13-30(27,28)15-19)20(25)14-29-21(26)22(11-4-5-12-22)17-6-8-18(23)9-7-17/h6-9,16,19H,3-5,10-15H2,1-2H3. The van der Waals surface area contributed by atoms with Crippen molar-refractivity contribution in [2.75, 3.05) is 18.1 Å². The van der Waals surface area contributed by atoms with Crippen molar-refractivity contribution in [2.24, 2.45) is 0 Å². The van der Waals surface area contributed by atoms with Crippen LogP contribution < -0.4 is 0 Å². The number of carbonyl (C=O) groups excluding carboxylic acids is 2. The lowest BCUT2D eigenvalue weighted by molar-refractivity contribution is -0.158. The van der Waals surface area contributed by atoms with Gasteiger partial charge in [0.05, 0.1) is 16.9 Å². The Labute approximate surface area is 183 Å². The lowest BCUT2D eigenvalue weighted by Gasteiger charge is -2.34. The van der Waals surface area contributed by atoms with Crippen molar-refractivity contribution in [3.8, 4) is 0 Å². The molecule has 6 nitrogen and oxygen atoms in total. The van der Waals surface area contributed by atoms with Crippen LogP contribution in [0.15, 0.2) is 24.3 Å². The van der Waals surface area contributed by atoms with Crippen LogP contribution in [-0.4, -0.2) is 55.4 Å². The van der Waals surface area contributed by atoms with E-state index < -0.39 is 15.3 Å². The van der Waals surface area contributed by atoms with Crippen LogP contribution in [-0.2, 0) is 29.6 Å². The van der Waals surface area contributed by atoms with Crippen molar-refractivity contribution in [1.29, 1.82) is 0 Å². The molecule has 1 saturated heterocycles. The molecule has 8 heteroatoms. The van der Waals surface area contributed by atoms with Gasteiger partial charge < -0.3 is 9.64 Å². The second kappa shape index (κ2) is 9.27. The highest BCUT2D eigenvalue weighted by molar-refractivity contribution is 7.91. The van der Waals surface area contributed by atoms with E-state index in [1.807, 2.05) is 26.0 Å². The van der Waals surface area contributed by atoms with Gasteiger partial charge in [0.1, 0.15) is 0 Å². The molecule has 2 fully saturated rings. The van der Waals surface area contributed by atoms with E-state index in [9.17, 15) is 18.0 Å². The zero-order valence-corrected chi connectivity index (χ0v) is 19.2. The molecule has 2 unspecified atom stereocenters. The first-order valence-electron chi connectivity index (χ1n) is 10.6. The first-order chi connectivity index (χ1) is 14.2. The van der Waals surface area contributed by atoms with Gasteiger partial charge in [-0.25, -0.2) is 8.42 Å². The van der Waals surface area contributed by atoms with Gasteiger partial charge in [0.2, 0.25) is 0 Å². The maximum absolute atomic E-state index is 13.1. The van der Waals surface area contributed by atoms with Gasteiger partial charge in [-0.05, 0) is 50.3 Å². The van der Waals surface area contributed by atoms with Gasteiger partial charge in [0, 0.05) is 17.1 Å². The average Bonchev–Trinajstić information content (AvgIpc) is 3.34. The molecule has 0 radical (unpaired) electrons. The number of halogens is 1. The zero-order chi connectivity index (χ0) is 21.9. The summed E-state index contributed by atoms with van der Waals surface area (Å²) in [4.78, 5) is 27.7. The Morgan fingerprint density at radius 1 is 1.23 bits per heavy atom. The molecule has 1 saturated carbocycles. The third kappa shape index (κ3) is 4.83. The molecule has 3 rings (SSSR count). The molecule has 1 aliphatic heterocycles. The molecule has 0 spiro atoms. The van der Waals surface area contributed by atoms with Gasteiger partial charge in [-0.2, -0.15) is 0 Å². The number of amides is 1. The summed E-state index contributed by atoms with van der Waals surface area (Å²) in [6, 6.07) is 6.76. The highest BCUT2D eigenvalue weighted by atomic mass is 35.5. The molecule has 1 heterocycles. The average molecular weight is 456 g/mol. The number of ether oxygens (including phenoxy) is 1. The minimum absolute atomic E-state index is 0.0221. The number of sulfone groups is 1. The molecule has 1 amide bonds. The fraction of sp³-hybridized carbons (Fsp3) is 0.636. The van der Waals surface area contributed by atoms with Gasteiger partial charge in [-0.3, -0.25) is 9.59 Å². The van der Waals surface area contributed by atoms with Crippen molar-refractivity contribution < 1.29 is 22.7 Å². The number of rotatable bonds is 7. The van der Waals surface area contributed by atoms with Crippen LogP contribution in [0.3, 0.4) is 0 Å². The van der Waals surface area contributed by atoms with E-state index in [4.69, 9.17) is 16.3 Å². The van der Waals surface area contributed by atoms with Crippen LogP contribution in [0.25, 0.3) is 0 Å². The molecule has 30 heavy (non-hydrogen) atoms. The van der Waals surface area contributed by atoms with Crippen molar-refractivity contribution in [1.82, 2.24) is 4.90 Å². The summed E-state index contributed by atoms with van der Waals surface area (Å²) in [5.41, 5.74) is 0.116. The molecular weight excluding hydrogens is 426 g/mol. The van der Waals surface area contributed by atoms with E-state index in [1.54, 1.807) is 17.0 Å². The maximum atomic E-state index is 13.1. The third-order valence-corrected chi connectivity index (χ3v) is 8.53. The second-order valence-electron chi connectivity index (χ2n) is 8.49. The van der Waals surface area contributed by atoms with Crippen molar-refractivity contribution in [3.05, 3.63) is 34.9 Å². The minimum Gasteiger partial charge on any atom is -0.455 e. The summed E-state index contributed by atoms with van der Waals surface area (Å²) in [6.45, 7) is 3.49. The Bertz CT molecular complexity index is 877. The Morgan fingerprint density at radius 3 is 2.40 bits per heavy atom. The van der Waals surface area contributed by atoms with Gasteiger partial charge >= 0.3 is 5.97 Å².